The molecule has 0 N–H and O–H groups in total. The minimum absolute atomic E-state index is 0.0441. The van der Waals surface area contributed by atoms with E-state index in [1.54, 1.807) is 12.0 Å². The fraction of sp³-hybridized carbons (Fsp3) is 0.375. The maximum absolute atomic E-state index is 12.5. The maximum Gasteiger partial charge on any atom is 0.266 e. The summed E-state index contributed by atoms with van der Waals surface area (Å²) in [5, 5.41) is 0. The van der Waals surface area contributed by atoms with E-state index in [0.29, 0.717) is 29.0 Å². The summed E-state index contributed by atoms with van der Waals surface area (Å²) in [4.78, 5) is 14.7. The van der Waals surface area contributed by atoms with E-state index in [1.165, 1.54) is 11.8 Å². The summed E-state index contributed by atoms with van der Waals surface area (Å²) in [6.45, 7) is 3.72. The highest BCUT2D eigenvalue weighted by Gasteiger charge is 2.31. The van der Waals surface area contributed by atoms with Crippen molar-refractivity contribution in [3.63, 3.8) is 0 Å². The van der Waals surface area contributed by atoms with Crippen molar-refractivity contribution < 1.29 is 14.3 Å². The first kappa shape index (κ1) is 17.0. The van der Waals surface area contributed by atoms with Gasteiger partial charge in [-0.15, -0.1) is 0 Å². The summed E-state index contributed by atoms with van der Waals surface area (Å²) in [6.07, 6.45) is 2.62. The molecule has 1 fully saturated rings. The molecule has 1 aliphatic heterocycles. The largest absolute Gasteiger partial charge is 0.493 e. The molecule has 22 heavy (non-hydrogen) atoms. The molecule has 1 heterocycles. The van der Waals surface area contributed by atoms with Gasteiger partial charge in [-0.1, -0.05) is 42.2 Å². The Morgan fingerprint density at radius 2 is 2.14 bits per heavy atom. The fourth-order valence-electron chi connectivity index (χ4n) is 2.09. The topological polar surface area (TPSA) is 38.8 Å². The third-order valence-electron chi connectivity index (χ3n) is 3.11. The zero-order valence-corrected chi connectivity index (χ0v) is 14.3. The Bertz CT molecular complexity index is 587. The molecule has 0 atom stereocenters. The third kappa shape index (κ3) is 4.09. The number of benzene rings is 1. The number of hydrogen-bond acceptors (Lipinski definition) is 5. The number of carbonyl (C=O) groups excluding carboxylic acids is 1. The number of amides is 1. The van der Waals surface area contributed by atoms with Gasteiger partial charge in [0.05, 0.1) is 11.5 Å². The molecule has 1 aromatic rings. The molecule has 0 aromatic heterocycles. The Balaban J connectivity index is 2.16. The van der Waals surface area contributed by atoms with Crippen LogP contribution in [0.2, 0.25) is 0 Å². The smallest absolute Gasteiger partial charge is 0.266 e. The average molecular weight is 337 g/mol. The zero-order valence-electron chi connectivity index (χ0n) is 12.7. The highest BCUT2D eigenvalue weighted by Crippen LogP contribution is 2.34. The van der Waals surface area contributed by atoms with Crippen molar-refractivity contribution in [3.05, 3.63) is 34.7 Å². The van der Waals surface area contributed by atoms with Crippen LogP contribution in [0.3, 0.4) is 0 Å². The Hall–Kier alpha value is -1.37. The predicted octanol–water partition coefficient (Wildman–Crippen LogP) is 3.32. The van der Waals surface area contributed by atoms with Crippen molar-refractivity contribution in [2.45, 2.75) is 13.3 Å². The standard InChI is InChI=1S/C16H19NO3S2/c1-3-20-13-8-5-4-7-12(13)11-14-15(18)17(16(21)22-14)9-6-10-19-2/h4-5,7-8,11H,3,6,9-10H2,1-2H3. The van der Waals surface area contributed by atoms with Crippen LogP contribution in [0.25, 0.3) is 6.08 Å². The Labute approximate surface area is 140 Å². The van der Waals surface area contributed by atoms with Gasteiger partial charge in [0.15, 0.2) is 0 Å². The van der Waals surface area contributed by atoms with E-state index < -0.39 is 0 Å². The molecule has 0 saturated carbocycles. The number of carbonyl (C=O) groups is 1. The lowest BCUT2D eigenvalue weighted by atomic mass is 10.2. The molecular formula is C16H19NO3S2. The maximum atomic E-state index is 12.5. The lowest BCUT2D eigenvalue weighted by molar-refractivity contribution is -0.122. The molecule has 2 rings (SSSR count). The molecular weight excluding hydrogens is 318 g/mol. The van der Waals surface area contributed by atoms with Gasteiger partial charge in [0.1, 0.15) is 10.1 Å². The first-order valence-electron chi connectivity index (χ1n) is 7.13. The van der Waals surface area contributed by atoms with Gasteiger partial charge in [-0.2, -0.15) is 0 Å². The van der Waals surface area contributed by atoms with E-state index in [9.17, 15) is 4.79 Å². The summed E-state index contributed by atoms with van der Waals surface area (Å²) in [5.41, 5.74) is 0.891. The SMILES string of the molecule is CCOc1ccccc1C=C1SC(=S)N(CCCOC)C1=O. The molecule has 1 aliphatic rings. The molecule has 1 amide bonds. The van der Waals surface area contributed by atoms with Gasteiger partial charge in [0.25, 0.3) is 5.91 Å². The van der Waals surface area contributed by atoms with Gasteiger partial charge < -0.3 is 9.47 Å². The van der Waals surface area contributed by atoms with Crippen LogP contribution < -0.4 is 4.74 Å². The number of hydrogen-bond donors (Lipinski definition) is 0. The van der Waals surface area contributed by atoms with Crippen LogP contribution in [0.1, 0.15) is 18.9 Å². The summed E-state index contributed by atoms with van der Waals surface area (Å²) in [5.74, 6) is 0.729. The number of para-hydroxylation sites is 1. The molecule has 6 heteroatoms. The van der Waals surface area contributed by atoms with Gasteiger partial charge in [0, 0.05) is 25.8 Å². The third-order valence-corrected chi connectivity index (χ3v) is 4.49. The monoisotopic (exact) mass is 337 g/mol. The van der Waals surface area contributed by atoms with Crippen LogP contribution in [-0.2, 0) is 9.53 Å². The molecule has 0 spiro atoms. The number of thioether (sulfide) groups is 1. The van der Waals surface area contributed by atoms with Crippen molar-refractivity contribution in [1.29, 1.82) is 0 Å². The van der Waals surface area contributed by atoms with Crippen LogP contribution in [0.4, 0.5) is 0 Å². The zero-order chi connectivity index (χ0) is 15.9. The van der Waals surface area contributed by atoms with Gasteiger partial charge in [-0.25, -0.2) is 0 Å². The molecule has 0 bridgehead atoms. The van der Waals surface area contributed by atoms with E-state index in [2.05, 4.69) is 0 Å². The number of rotatable bonds is 7. The lowest BCUT2D eigenvalue weighted by Gasteiger charge is -2.13. The summed E-state index contributed by atoms with van der Waals surface area (Å²) in [7, 11) is 1.65. The molecule has 0 unspecified atom stereocenters. The minimum Gasteiger partial charge on any atom is -0.493 e. The van der Waals surface area contributed by atoms with Crippen molar-refractivity contribution in [2.75, 3.05) is 26.9 Å². The van der Waals surface area contributed by atoms with Gasteiger partial charge in [-0.3, -0.25) is 9.69 Å². The van der Waals surface area contributed by atoms with Crippen LogP contribution in [0.15, 0.2) is 29.2 Å². The van der Waals surface area contributed by atoms with E-state index in [1.807, 2.05) is 37.3 Å². The van der Waals surface area contributed by atoms with Gasteiger partial charge >= 0.3 is 0 Å². The molecule has 1 saturated heterocycles. The number of methoxy groups -OCH3 is 1. The second kappa shape index (κ2) is 8.31. The van der Waals surface area contributed by atoms with Crippen LogP contribution >= 0.6 is 24.0 Å². The van der Waals surface area contributed by atoms with Gasteiger partial charge in [0.2, 0.25) is 0 Å². The Morgan fingerprint density at radius 3 is 2.86 bits per heavy atom. The van der Waals surface area contributed by atoms with Crippen molar-refractivity contribution in [1.82, 2.24) is 4.90 Å². The molecule has 4 nitrogen and oxygen atoms in total. The summed E-state index contributed by atoms with van der Waals surface area (Å²) >= 11 is 6.63. The van der Waals surface area contributed by atoms with E-state index >= 15 is 0 Å². The van der Waals surface area contributed by atoms with Gasteiger partial charge in [-0.05, 0) is 25.5 Å². The van der Waals surface area contributed by atoms with Crippen molar-refractivity contribution >= 4 is 40.3 Å². The molecule has 1 aromatic carbocycles. The van der Waals surface area contributed by atoms with Crippen LogP contribution in [-0.4, -0.2) is 42.0 Å². The second-order valence-electron chi connectivity index (χ2n) is 4.65. The van der Waals surface area contributed by atoms with E-state index in [-0.39, 0.29) is 5.91 Å². The summed E-state index contributed by atoms with van der Waals surface area (Å²) in [6, 6.07) is 7.67. The summed E-state index contributed by atoms with van der Waals surface area (Å²) < 4.78 is 11.2. The molecule has 118 valence electrons. The minimum atomic E-state index is -0.0441. The Morgan fingerprint density at radius 1 is 1.36 bits per heavy atom. The average Bonchev–Trinajstić information content (AvgIpc) is 2.77. The normalized spacial score (nSPS) is 16.6. The second-order valence-corrected chi connectivity index (χ2v) is 6.33. The van der Waals surface area contributed by atoms with Crippen LogP contribution in [0, 0.1) is 0 Å². The highest BCUT2D eigenvalue weighted by atomic mass is 32.2. The van der Waals surface area contributed by atoms with E-state index in [0.717, 1.165) is 17.7 Å². The lowest BCUT2D eigenvalue weighted by Crippen LogP contribution is -2.29. The number of thiocarbonyl (C=S) groups is 1. The number of nitrogens with zero attached hydrogens (tertiary/aromatic N) is 1. The van der Waals surface area contributed by atoms with Crippen molar-refractivity contribution in [2.24, 2.45) is 0 Å². The predicted molar refractivity (Wildman–Crippen MR) is 94.0 cm³/mol. The highest BCUT2D eigenvalue weighted by molar-refractivity contribution is 8.26. The first-order chi connectivity index (χ1) is 10.7. The van der Waals surface area contributed by atoms with Crippen molar-refractivity contribution in [3.8, 4) is 5.75 Å². The first-order valence-corrected chi connectivity index (χ1v) is 8.36. The van der Waals surface area contributed by atoms with E-state index in [4.69, 9.17) is 21.7 Å². The Kier molecular flexibility index (Phi) is 6.42. The quantitative estimate of drug-likeness (QED) is 0.433. The molecule has 0 radical (unpaired) electrons. The fourth-order valence-corrected chi connectivity index (χ4v) is 3.39. The number of ether oxygens (including phenoxy) is 2. The van der Waals surface area contributed by atoms with Crippen LogP contribution in [0.5, 0.6) is 5.75 Å². The molecule has 0 aliphatic carbocycles.